The third-order valence-electron chi connectivity index (χ3n) is 5.86. The number of hydrogen-bond acceptors (Lipinski definition) is 4. The van der Waals surface area contributed by atoms with Gasteiger partial charge in [-0.2, -0.15) is 13.2 Å². The number of carbonyl (C=O) groups excluding carboxylic acids is 2. The smallest absolute Gasteiger partial charge is 0.355 e. The largest absolute Gasteiger partial charge is 0.416 e. The molecule has 208 valence electrons. The van der Waals surface area contributed by atoms with E-state index in [-0.39, 0.29) is 23.7 Å². The minimum Gasteiger partial charge on any atom is -0.355 e. The molecule has 0 aromatic heterocycles. The average molecular weight is 566 g/mol. The fraction of sp³-hybridized carbons (Fsp3) is 0.259. The van der Waals surface area contributed by atoms with Crippen molar-refractivity contribution in [3.8, 4) is 0 Å². The van der Waals surface area contributed by atoms with Crippen molar-refractivity contribution in [2.45, 2.75) is 37.5 Å². The van der Waals surface area contributed by atoms with E-state index in [9.17, 15) is 35.6 Å². The highest BCUT2D eigenvalue weighted by Crippen LogP contribution is 2.33. The van der Waals surface area contributed by atoms with Gasteiger partial charge in [0.1, 0.15) is 18.4 Å². The van der Waals surface area contributed by atoms with E-state index >= 15 is 0 Å². The molecule has 3 aromatic carbocycles. The Hall–Kier alpha value is -3.93. The first-order chi connectivity index (χ1) is 18.3. The van der Waals surface area contributed by atoms with Crippen molar-refractivity contribution >= 4 is 27.5 Å². The molecule has 0 saturated carbocycles. The van der Waals surface area contributed by atoms with Crippen LogP contribution in [0.15, 0.2) is 83.8 Å². The summed E-state index contributed by atoms with van der Waals surface area (Å²) in [6, 6.07) is 14.7. The predicted octanol–water partition coefficient (Wildman–Crippen LogP) is 4.59. The van der Waals surface area contributed by atoms with Crippen LogP contribution in [0.2, 0.25) is 0 Å². The highest BCUT2D eigenvalue weighted by Gasteiger charge is 2.35. The molecular formula is C27H27F4N3O4S. The molecule has 3 rings (SSSR count). The number of sulfonamides is 1. The first-order valence-corrected chi connectivity index (χ1v) is 13.3. The summed E-state index contributed by atoms with van der Waals surface area (Å²) < 4.78 is 81.6. The van der Waals surface area contributed by atoms with Crippen LogP contribution >= 0.6 is 0 Å². The lowest BCUT2D eigenvalue weighted by Gasteiger charge is -2.32. The van der Waals surface area contributed by atoms with Crippen molar-refractivity contribution in [1.82, 2.24) is 10.2 Å². The topological polar surface area (TPSA) is 86.8 Å². The number of anilines is 1. The number of nitrogens with zero attached hydrogens (tertiary/aromatic N) is 2. The first kappa shape index (κ1) is 29.6. The van der Waals surface area contributed by atoms with Gasteiger partial charge in [0.25, 0.3) is 10.0 Å². The van der Waals surface area contributed by atoms with Gasteiger partial charge >= 0.3 is 6.18 Å². The molecule has 39 heavy (non-hydrogen) atoms. The molecule has 1 unspecified atom stereocenters. The second-order valence-corrected chi connectivity index (χ2v) is 10.5. The molecule has 0 saturated heterocycles. The molecule has 2 amide bonds. The highest BCUT2D eigenvalue weighted by molar-refractivity contribution is 7.92. The van der Waals surface area contributed by atoms with Crippen LogP contribution in [0, 0.1) is 5.82 Å². The van der Waals surface area contributed by atoms with E-state index in [0.717, 1.165) is 23.1 Å². The van der Waals surface area contributed by atoms with Crippen molar-refractivity contribution in [1.29, 1.82) is 0 Å². The van der Waals surface area contributed by atoms with Gasteiger partial charge in [-0.05, 0) is 61.9 Å². The Balaban J connectivity index is 2.07. The minimum absolute atomic E-state index is 0.181. The Morgan fingerprint density at radius 1 is 0.949 bits per heavy atom. The van der Waals surface area contributed by atoms with E-state index < -0.39 is 52.0 Å². The Morgan fingerprint density at radius 2 is 1.59 bits per heavy atom. The first-order valence-electron chi connectivity index (χ1n) is 11.9. The maximum Gasteiger partial charge on any atom is 0.416 e. The van der Waals surface area contributed by atoms with Gasteiger partial charge in [-0.3, -0.25) is 13.9 Å². The van der Waals surface area contributed by atoms with Crippen LogP contribution < -0.4 is 9.62 Å². The molecule has 0 fully saturated rings. The number of alkyl halides is 3. The molecule has 1 atom stereocenters. The van der Waals surface area contributed by atoms with Crippen LogP contribution in [0.25, 0.3) is 0 Å². The number of benzene rings is 3. The van der Waals surface area contributed by atoms with Crippen molar-refractivity contribution in [3.05, 3.63) is 95.8 Å². The standard InChI is InChI=1S/C27H27F4N3O4S/c1-3-32-26(36)19(2)33(17-20-12-14-22(28)15-13-20)25(35)18-34(39(37,38)24-10-5-4-6-11-24)23-9-7-8-21(16-23)27(29,30)31/h4-16,19H,3,17-18H2,1-2H3,(H,32,36). The predicted molar refractivity (Wildman–Crippen MR) is 138 cm³/mol. The number of amides is 2. The Bertz CT molecular complexity index is 1400. The molecule has 0 spiro atoms. The molecule has 0 aliphatic rings. The second-order valence-electron chi connectivity index (χ2n) is 8.59. The van der Waals surface area contributed by atoms with Crippen LogP contribution in [-0.4, -0.2) is 44.3 Å². The molecule has 3 aromatic rings. The molecule has 0 heterocycles. The van der Waals surface area contributed by atoms with Crippen LogP contribution in [0.4, 0.5) is 23.2 Å². The number of rotatable bonds is 10. The SMILES string of the molecule is CCNC(=O)C(C)N(Cc1ccc(F)cc1)C(=O)CN(c1cccc(C(F)(F)F)c1)S(=O)(=O)c1ccccc1. The molecule has 7 nitrogen and oxygen atoms in total. The maximum atomic E-state index is 13.7. The van der Waals surface area contributed by atoms with Crippen LogP contribution in [-0.2, 0) is 32.3 Å². The monoisotopic (exact) mass is 565 g/mol. The minimum atomic E-state index is -4.76. The van der Waals surface area contributed by atoms with E-state index in [4.69, 9.17) is 0 Å². The molecule has 0 aliphatic heterocycles. The average Bonchev–Trinajstić information content (AvgIpc) is 2.91. The van der Waals surface area contributed by atoms with Gasteiger partial charge in [0, 0.05) is 13.1 Å². The Morgan fingerprint density at radius 3 is 2.18 bits per heavy atom. The third kappa shape index (κ3) is 7.34. The van der Waals surface area contributed by atoms with E-state index in [1.54, 1.807) is 13.0 Å². The second kappa shape index (κ2) is 12.3. The fourth-order valence-electron chi connectivity index (χ4n) is 3.78. The number of nitrogens with one attached hydrogen (secondary N) is 1. The Kier molecular flexibility index (Phi) is 9.33. The number of carbonyl (C=O) groups is 2. The van der Waals surface area contributed by atoms with E-state index in [0.29, 0.717) is 15.9 Å². The summed E-state index contributed by atoms with van der Waals surface area (Å²) in [4.78, 5) is 27.2. The van der Waals surface area contributed by atoms with E-state index in [1.165, 1.54) is 55.5 Å². The third-order valence-corrected chi connectivity index (χ3v) is 7.64. The summed E-state index contributed by atoms with van der Waals surface area (Å²) >= 11 is 0. The number of likely N-dealkylation sites (N-methyl/N-ethyl adjacent to an activating group) is 1. The summed E-state index contributed by atoms with van der Waals surface area (Å²) in [5.74, 6) is -1.89. The van der Waals surface area contributed by atoms with Gasteiger partial charge in [0.05, 0.1) is 16.1 Å². The molecule has 12 heteroatoms. The van der Waals surface area contributed by atoms with Crippen molar-refractivity contribution < 1.29 is 35.6 Å². The van der Waals surface area contributed by atoms with E-state index in [2.05, 4.69) is 5.32 Å². The molecule has 0 radical (unpaired) electrons. The molecule has 0 aliphatic carbocycles. The summed E-state index contributed by atoms with van der Waals surface area (Å²) in [7, 11) is -4.51. The molecule has 0 bridgehead atoms. The summed E-state index contributed by atoms with van der Waals surface area (Å²) in [5, 5.41) is 2.59. The van der Waals surface area contributed by atoms with Gasteiger partial charge < -0.3 is 10.2 Å². The van der Waals surface area contributed by atoms with Crippen molar-refractivity contribution in [2.24, 2.45) is 0 Å². The zero-order valence-corrected chi connectivity index (χ0v) is 22.0. The zero-order valence-electron chi connectivity index (χ0n) is 21.2. The van der Waals surface area contributed by atoms with Crippen LogP contribution in [0.1, 0.15) is 25.0 Å². The van der Waals surface area contributed by atoms with E-state index in [1.807, 2.05) is 0 Å². The van der Waals surface area contributed by atoms with Crippen LogP contribution in [0.5, 0.6) is 0 Å². The number of halogens is 4. The summed E-state index contributed by atoms with van der Waals surface area (Å²) in [6.45, 7) is 2.30. The summed E-state index contributed by atoms with van der Waals surface area (Å²) in [5.41, 5.74) is -1.02. The fourth-order valence-corrected chi connectivity index (χ4v) is 5.20. The lowest BCUT2D eigenvalue weighted by molar-refractivity contribution is -0.139. The molecule has 1 N–H and O–H groups in total. The maximum absolute atomic E-state index is 13.7. The van der Waals surface area contributed by atoms with Gasteiger partial charge in [-0.1, -0.05) is 36.4 Å². The lowest BCUT2D eigenvalue weighted by atomic mass is 10.1. The van der Waals surface area contributed by atoms with Crippen molar-refractivity contribution in [2.75, 3.05) is 17.4 Å². The molecular weight excluding hydrogens is 538 g/mol. The van der Waals surface area contributed by atoms with Gasteiger partial charge in [-0.25, -0.2) is 12.8 Å². The highest BCUT2D eigenvalue weighted by atomic mass is 32.2. The zero-order chi connectivity index (χ0) is 28.8. The van der Waals surface area contributed by atoms with Gasteiger partial charge in [-0.15, -0.1) is 0 Å². The normalized spacial score (nSPS) is 12.5. The van der Waals surface area contributed by atoms with Crippen molar-refractivity contribution in [3.63, 3.8) is 0 Å². The van der Waals surface area contributed by atoms with Gasteiger partial charge in [0.2, 0.25) is 11.8 Å². The number of hydrogen-bond donors (Lipinski definition) is 1. The lowest BCUT2D eigenvalue weighted by Crippen LogP contribution is -2.51. The quantitative estimate of drug-likeness (QED) is 0.365. The Labute approximate surface area is 224 Å². The van der Waals surface area contributed by atoms with Crippen LogP contribution in [0.3, 0.4) is 0 Å². The summed E-state index contributed by atoms with van der Waals surface area (Å²) in [6.07, 6.45) is -4.76. The van der Waals surface area contributed by atoms with Gasteiger partial charge in [0.15, 0.2) is 0 Å².